The lowest BCUT2D eigenvalue weighted by molar-refractivity contribution is 0.271. The summed E-state index contributed by atoms with van der Waals surface area (Å²) in [6.07, 6.45) is 1.10. The van der Waals surface area contributed by atoms with Gasteiger partial charge >= 0.3 is 0 Å². The highest BCUT2D eigenvalue weighted by atomic mass is 32.1. The van der Waals surface area contributed by atoms with Crippen LogP contribution >= 0.6 is 11.3 Å². The lowest BCUT2D eigenvalue weighted by Gasteiger charge is -2.31. The predicted octanol–water partition coefficient (Wildman–Crippen LogP) is 2.22. The molecular formula is C11H17N3S. The molecular weight excluding hydrogens is 206 g/mol. The van der Waals surface area contributed by atoms with E-state index in [0.29, 0.717) is 18.0 Å². The smallest absolute Gasteiger partial charge is 0.192 e. The number of hydrogen-bond donors (Lipinski definition) is 1. The predicted molar refractivity (Wildman–Crippen MR) is 65.1 cm³/mol. The summed E-state index contributed by atoms with van der Waals surface area (Å²) in [7, 11) is 0. The lowest BCUT2D eigenvalue weighted by Crippen LogP contribution is -2.41. The van der Waals surface area contributed by atoms with Crippen LogP contribution in [0.1, 0.15) is 31.2 Å². The zero-order valence-corrected chi connectivity index (χ0v) is 10.00. The van der Waals surface area contributed by atoms with E-state index in [0.717, 1.165) is 13.0 Å². The van der Waals surface area contributed by atoms with Crippen LogP contribution in [0.5, 0.6) is 0 Å². The number of guanidine groups is 1. The van der Waals surface area contributed by atoms with E-state index in [1.54, 1.807) is 11.3 Å². The monoisotopic (exact) mass is 223 g/mol. The zero-order chi connectivity index (χ0) is 10.8. The standard InChI is InChI=1S/C11H17N3S/c1-3-8(2)14-9(7-13-11(14)12)10-5-4-6-15-10/h4-6,8-9H,3,7H2,1-2H3,(H2,12,13). The number of nitrogens with two attached hydrogens (primary N) is 1. The molecule has 2 unspecified atom stereocenters. The Morgan fingerprint density at radius 1 is 1.73 bits per heavy atom. The first kappa shape index (κ1) is 10.5. The minimum atomic E-state index is 0.361. The number of nitrogens with zero attached hydrogens (tertiary/aromatic N) is 2. The van der Waals surface area contributed by atoms with Gasteiger partial charge in [-0.25, -0.2) is 0 Å². The maximum Gasteiger partial charge on any atom is 0.192 e. The summed E-state index contributed by atoms with van der Waals surface area (Å²) in [5.41, 5.74) is 5.93. The number of rotatable bonds is 3. The van der Waals surface area contributed by atoms with Gasteiger partial charge in [0.15, 0.2) is 5.96 Å². The first-order valence-corrected chi connectivity index (χ1v) is 6.23. The van der Waals surface area contributed by atoms with Gasteiger partial charge in [0.2, 0.25) is 0 Å². The maximum absolute atomic E-state index is 5.93. The second kappa shape index (κ2) is 4.23. The normalized spacial score (nSPS) is 22.9. The van der Waals surface area contributed by atoms with Crippen LogP contribution in [0.25, 0.3) is 0 Å². The van der Waals surface area contributed by atoms with Crippen LogP contribution in [0, 0.1) is 0 Å². The summed E-state index contributed by atoms with van der Waals surface area (Å²) in [4.78, 5) is 7.95. The fourth-order valence-corrected chi connectivity index (χ4v) is 2.76. The van der Waals surface area contributed by atoms with E-state index in [1.807, 2.05) is 0 Å². The minimum absolute atomic E-state index is 0.361. The van der Waals surface area contributed by atoms with Gasteiger partial charge in [-0.1, -0.05) is 13.0 Å². The molecule has 0 fully saturated rings. The van der Waals surface area contributed by atoms with Crippen LogP contribution in [-0.2, 0) is 0 Å². The Balaban J connectivity index is 2.21. The quantitative estimate of drug-likeness (QED) is 0.853. The molecule has 1 aromatic heterocycles. The van der Waals surface area contributed by atoms with E-state index in [-0.39, 0.29) is 0 Å². The molecule has 15 heavy (non-hydrogen) atoms. The van der Waals surface area contributed by atoms with Crippen molar-refractivity contribution in [3.8, 4) is 0 Å². The van der Waals surface area contributed by atoms with Crippen molar-refractivity contribution >= 4 is 17.3 Å². The van der Waals surface area contributed by atoms with Crippen molar-refractivity contribution in [3.63, 3.8) is 0 Å². The molecule has 1 aliphatic heterocycles. The highest BCUT2D eigenvalue weighted by Crippen LogP contribution is 2.31. The number of hydrogen-bond acceptors (Lipinski definition) is 4. The van der Waals surface area contributed by atoms with Crippen LogP contribution < -0.4 is 5.73 Å². The van der Waals surface area contributed by atoms with Gasteiger partial charge in [-0.3, -0.25) is 4.99 Å². The highest BCUT2D eigenvalue weighted by Gasteiger charge is 2.30. The zero-order valence-electron chi connectivity index (χ0n) is 9.18. The molecule has 0 amide bonds. The second-order valence-corrected chi connectivity index (χ2v) is 4.87. The van der Waals surface area contributed by atoms with Gasteiger partial charge in [-0.05, 0) is 24.8 Å². The van der Waals surface area contributed by atoms with Crippen LogP contribution in [0.3, 0.4) is 0 Å². The van der Waals surface area contributed by atoms with E-state index in [2.05, 4.69) is 41.3 Å². The van der Waals surface area contributed by atoms with Gasteiger partial charge in [-0.2, -0.15) is 0 Å². The molecule has 82 valence electrons. The van der Waals surface area contributed by atoms with Crippen molar-refractivity contribution in [2.24, 2.45) is 10.7 Å². The molecule has 2 rings (SSSR count). The third-order valence-electron chi connectivity index (χ3n) is 2.96. The Hall–Kier alpha value is -1.03. The molecule has 2 heterocycles. The number of thiophene rings is 1. The molecule has 1 aliphatic rings. The number of aliphatic imine (C=N–C) groups is 1. The summed E-state index contributed by atoms with van der Waals surface area (Å²) in [5, 5.41) is 2.11. The van der Waals surface area contributed by atoms with E-state index in [9.17, 15) is 0 Å². The highest BCUT2D eigenvalue weighted by molar-refractivity contribution is 7.10. The van der Waals surface area contributed by atoms with Crippen molar-refractivity contribution in [3.05, 3.63) is 22.4 Å². The van der Waals surface area contributed by atoms with Crippen LogP contribution in [0.2, 0.25) is 0 Å². The Labute approximate surface area is 94.6 Å². The van der Waals surface area contributed by atoms with Gasteiger partial charge in [0, 0.05) is 10.9 Å². The van der Waals surface area contributed by atoms with Crippen molar-refractivity contribution in [1.29, 1.82) is 0 Å². The Morgan fingerprint density at radius 3 is 3.13 bits per heavy atom. The third kappa shape index (κ3) is 1.86. The van der Waals surface area contributed by atoms with Crippen molar-refractivity contribution < 1.29 is 0 Å². The maximum atomic E-state index is 5.93. The summed E-state index contributed by atoms with van der Waals surface area (Å²) >= 11 is 1.78. The van der Waals surface area contributed by atoms with Crippen molar-refractivity contribution in [1.82, 2.24) is 4.90 Å². The summed E-state index contributed by atoms with van der Waals surface area (Å²) in [6.45, 7) is 5.19. The Kier molecular flexibility index (Phi) is 2.95. The molecule has 0 aromatic carbocycles. The van der Waals surface area contributed by atoms with Gasteiger partial charge < -0.3 is 10.6 Å². The lowest BCUT2D eigenvalue weighted by atomic mass is 10.1. The fraction of sp³-hybridized carbons (Fsp3) is 0.545. The average Bonchev–Trinajstić information content (AvgIpc) is 2.85. The van der Waals surface area contributed by atoms with Gasteiger partial charge in [-0.15, -0.1) is 11.3 Å². The molecule has 2 atom stereocenters. The van der Waals surface area contributed by atoms with Crippen LogP contribution in [0.15, 0.2) is 22.5 Å². The van der Waals surface area contributed by atoms with Crippen molar-refractivity contribution in [2.45, 2.75) is 32.4 Å². The molecule has 0 bridgehead atoms. The summed E-state index contributed by atoms with van der Waals surface area (Å²) in [5.74, 6) is 0.697. The SMILES string of the molecule is CCC(C)N1C(N)=NCC1c1cccs1. The third-order valence-corrected chi connectivity index (χ3v) is 3.94. The van der Waals surface area contributed by atoms with Crippen LogP contribution in [0.4, 0.5) is 0 Å². The van der Waals surface area contributed by atoms with E-state index < -0.39 is 0 Å². The molecule has 0 spiro atoms. The fourth-order valence-electron chi connectivity index (χ4n) is 1.95. The Morgan fingerprint density at radius 2 is 2.53 bits per heavy atom. The largest absolute Gasteiger partial charge is 0.370 e. The summed E-state index contributed by atoms with van der Waals surface area (Å²) in [6, 6.07) is 5.07. The average molecular weight is 223 g/mol. The molecule has 3 nitrogen and oxygen atoms in total. The van der Waals surface area contributed by atoms with Crippen LogP contribution in [-0.4, -0.2) is 23.4 Å². The minimum Gasteiger partial charge on any atom is -0.370 e. The molecule has 4 heteroatoms. The molecule has 0 aliphatic carbocycles. The van der Waals surface area contributed by atoms with Crippen molar-refractivity contribution in [2.75, 3.05) is 6.54 Å². The van der Waals surface area contributed by atoms with E-state index >= 15 is 0 Å². The second-order valence-electron chi connectivity index (χ2n) is 3.89. The molecule has 2 N–H and O–H groups in total. The topological polar surface area (TPSA) is 41.6 Å². The molecule has 0 saturated heterocycles. The molecule has 1 aromatic rings. The van der Waals surface area contributed by atoms with E-state index in [4.69, 9.17) is 5.73 Å². The molecule has 0 radical (unpaired) electrons. The van der Waals surface area contributed by atoms with E-state index in [1.165, 1.54) is 4.88 Å². The summed E-state index contributed by atoms with van der Waals surface area (Å²) < 4.78 is 0. The van der Waals surface area contributed by atoms with Gasteiger partial charge in [0.1, 0.15) is 0 Å². The Bertz CT molecular complexity index is 345. The van der Waals surface area contributed by atoms with Gasteiger partial charge in [0.25, 0.3) is 0 Å². The molecule has 0 saturated carbocycles. The van der Waals surface area contributed by atoms with Gasteiger partial charge in [0.05, 0.1) is 12.6 Å². The first-order valence-electron chi connectivity index (χ1n) is 5.35. The first-order chi connectivity index (χ1) is 7.24.